The zero-order chi connectivity index (χ0) is 21.0. The molecule has 1 amide bonds. The quantitative estimate of drug-likeness (QED) is 0.679. The SMILES string of the molecule is COc1ccc(C(=O)NCc2nc(-c3ccc(C(C)(C)C)cc3)no2)cc1OC. The second-order valence-electron chi connectivity index (χ2n) is 7.59. The fourth-order valence-corrected chi connectivity index (χ4v) is 2.80. The standard InChI is InChI=1S/C22H25N3O4/c1-22(2,3)16-9-6-14(7-10-16)20-24-19(29-25-20)13-23-21(26)15-8-11-17(27-4)18(12-15)28-5/h6-12H,13H2,1-5H3,(H,23,26). The van der Waals surface area contributed by atoms with Crippen LogP contribution in [0.1, 0.15) is 42.6 Å². The lowest BCUT2D eigenvalue weighted by Gasteiger charge is -2.18. The summed E-state index contributed by atoms with van der Waals surface area (Å²) < 4.78 is 15.7. The summed E-state index contributed by atoms with van der Waals surface area (Å²) in [6.45, 7) is 6.61. The van der Waals surface area contributed by atoms with E-state index in [0.29, 0.717) is 28.8 Å². The molecule has 0 aliphatic rings. The van der Waals surface area contributed by atoms with Crippen molar-refractivity contribution in [3.63, 3.8) is 0 Å². The molecule has 7 heteroatoms. The van der Waals surface area contributed by atoms with E-state index in [-0.39, 0.29) is 17.9 Å². The average molecular weight is 395 g/mol. The average Bonchev–Trinajstić information content (AvgIpc) is 3.20. The van der Waals surface area contributed by atoms with Crippen LogP contribution >= 0.6 is 0 Å². The highest BCUT2D eigenvalue weighted by molar-refractivity contribution is 5.94. The minimum Gasteiger partial charge on any atom is -0.493 e. The van der Waals surface area contributed by atoms with E-state index < -0.39 is 0 Å². The third kappa shape index (κ3) is 4.74. The van der Waals surface area contributed by atoms with E-state index in [1.807, 2.05) is 12.1 Å². The number of rotatable bonds is 6. The van der Waals surface area contributed by atoms with Crippen LogP contribution in [0.3, 0.4) is 0 Å². The molecule has 152 valence electrons. The number of nitrogens with one attached hydrogen (secondary N) is 1. The predicted molar refractivity (Wildman–Crippen MR) is 109 cm³/mol. The Hall–Kier alpha value is -3.35. The zero-order valence-corrected chi connectivity index (χ0v) is 17.3. The van der Waals surface area contributed by atoms with Crippen LogP contribution in [-0.2, 0) is 12.0 Å². The molecule has 0 spiro atoms. The predicted octanol–water partition coefficient (Wildman–Crippen LogP) is 3.98. The Kier molecular flexibility index (Phi) is 5.87. The summed E-state index contributed by atoms with van der Waals surface area (Å²) in [4.78, 5) is 16.8. The van der Waals surface area contributed by atoms with Crippen LogP contribution in [0.15, 0.2) is 47.0 Å². The van der Waals surface area contributed by atoms with Crippen LogP contribution in [0.25, 0.3) is 11.4 Å². The number of amides is 1. The lowest BCUT2D eigenvalue weighted by molar-refractivity contribution is 0.0946. The Morgan fingerprint density at radius 3 is 2.34 bits per heavy atom. The largest absolute Gasteiger partial charge is 0.493 e. The van der Waals surface area contributed by atoms with E-state index in [4.69, 9.17) is 14.0 Å². The maximum atomic E-state index is 12.4. The maximum absolute atomic E-state index is 12.4. The molecular formula is C22H25N3O4. The van der Waals surface area contributed by atoms with Gasteiger partial charge in [0.2, 0.25) is 11.7 Å². The normalized spacial score (nSPS) is 11.2. The molecule has 0 atom stereocenters. The number of methoxy groups -OCH3 is 2. The van der Waals surface area contributed by atoms with Crippen LogP contribution in [0.5, 0.6) is 11.5 Å². The number of hydrogen-bond donors (Lipinski definition) is 1. The van der Waals surface area contributed by atoms with Crippen LogP contribution in [0, 0.1) is 0 Å². The van der Waals surface area contributed by atoms with Crippen molar-refractivity contribution in [1.29, 1.82) is 0 Å². The molecule has 29 heavy (non-hydrogen) atoms. The van der Waals surface area contributed by atoms with Crippen molar-refractivity contribution in [1.82, 2.24) is 15.5 Å². The highest BCUT2D eigenvalue weighted by Gasteiger charge is 2.16. The van der Waals surface area contributed by atoms with Gasteiger partial charge >= 0.3 is 0 Å². The molecule has 2 aromatic carbocycles. The molecule has 1 heterocycles. The summed E-state index contributed by atoms with van der Waals surface area (Å²) in [6, 6.07) is 13.0. The summed E-state index contributed by atoms with van der Waals surface area (Å²) in [5.41, 5.74) is 2.61. The van der Waals surface area contributed by atoms with Gasteiger partial charge in [-0.05, 0) is 29.2 Å². The fraction of sp³-hybridized carbons (Fsp3) is 0.318. The number of carbonyl (C=O) groups is 1. The molecule has 0 fully saturated rings. The van der Waals surface area contributed by atoms with Crippen molar-refractivity contribution in [2.75, 3.05) is 14.2 Å². The van der Waals surface area contributed by atoms with Crippen molar-refractivity contribution in [3.05, 3.63) is 59.5 Å². The number of benzene rings is 2. The number of hydrogen-bond acceptors (Lipinski definition) is 6. The summed E-state index contributed by atoms with van der Waals surface area (Å²) >= 11 is 0. The van der Waals surface area contributed by atoms with Gasteiger partial charge in [-0.2, -0.15) is 4.98 Å². The summed E-state index contributed by atoms with van der Waals surface area (Å²) in [6.07, 6.45) is 0. The van der Waals surface area contributed by atoms with E-state index >= 15 is 0 Å². The van der Waals surface area contributed by atoms with Crippen LogP contribution in [0.4, 0.5) is 0 Å². The number of ether oxygens (including phenoxy) is 2. The monoisotopic (exact) mass is 395 g/mol. The first-order chi connectivity index (χ1) is 13.8. The summed E-state index contributed by atoms with van der Waals surface area (Å²) in [7, 11) is 3.06. The van der Waals surface area contributed by atoms with Crippen molar-refractivity contribution in [2.24, 2.45) is 0 Å². The summed E-state index contributed by atoms with van der Waals surface area (Å²) in [5, 5.41) is 6.77. The zero-order valence-electron chi connectivity index (χ0n) is 17.3. The van der Waals surface area contributed by atoms with E-state index in [2.05, 4.69) is 48.4 Å². The van der Waals surface area contributed by atoms with Crippen LogP contribution < -0.4 is 14.8 Å². The minimum absolute atomic E-state index is 0.0787. The molecular weight excluding hydrogens is 370 g/mol. The highest BCUT2D eigenvalue weighted by Crippen LogP contribution is 2.27. The molecule has 0 bridgehead atoms. The Morgan fingerprint density at radius 2 is 1.72 bits per heavy atom. The third-order valence-electron chi connectivity index (χ3n) is 4.52. The Labute approximate surface area is 170 Å². The molecule has 1 aromatic heterocycles. The van der Waals surface area contributed by atoms with E-state index in [1.54, 1.807) is 25.3 Å². The molecule has 7 nitrogen and oxygen atoms in total. The molecule has 0 saturated heterocycles. The van der Waals surface area contributed by atoms with Crippen molar-refractivity contribution in [2.45, 2.75) is 32.7 Å². The molecule has 0 unspecified atom stereocenters. The van der Waals surface area contributed by atoms with Gasteiger partial charge in [0, 0.05) is 11.1 Å². The Morgan fingerprint density at radius 1 is 1.03 bits per heavy atom. The van der Waals surface area contributed by atoms with Crippen LogP contribution in [0.2, 0.25) is 0 Å². The Bertz CT molecular complexity index is 988. The lowest BCUT2D eigenvalue weighted by Crippen LogP contribution is -2.23. The van der Waals surface area contributed by atoms with Gasteiger partial charge in [-0.3, -0.25) is 4.79 Å². The van der Waals surface area contributed by atoms with Gasteiger partial charge in [0.15, 0.2) is 11.5 Å². The van der Waals surface area contributed by atoms with Gasteiger partial charge in [0.1, 0.15) is 0 Å². The topological polar surface area (TPSA) is 86.5 Å². The molecule has 3 aromatic rings. The number of carbonyl (C=O) groups excluding carboxylic acids is 1. The molecule has 0 aliphatic carbocycles. The minimum atomic E-state index is -0.278. The molecule has 3 rings (SSSR count). The summed E-state index contributed by atoms with van der Waals surface area (Å²) in [5.74, 6) is 1.58. The van der Waals surface area contributed by atoms with E-state index in [0.717, 1.165) is 5.56 Å². The Balaban J connectivity index is 1.65. The number of nitrogens with zero attached hydrogens (tertiary/aromatic N) is 2. The van der Waals surface area contributed by atoms with E-state index in [9.17, 15) is 4.79 Å². The lowest BCUT2D eigenvalue weighted by atomic mass is 9.87. The van der Waals surface area contributed by atoms with Crippen molar-refractivity contribution >= 4 is 5.91 Å². The molecule has 0 saturated carbocycles. The second-order valence-corrected chi connectivity index (χ2v) is 7.59. The van der Waals surface area contributed by atoms with E-state index in [1.165, 1.54) is 12.7 Å². The van der Waals surface area contributed by atoms with Gasteiger partial charge in [-0.15, -0.1) is 0 Å². The van der Waals surface area contributed by atoms with Crippen molar-refractivity contribution in [3.8, 4) is 22.9 Å². The maximum Gasteiger partial charge on any atom is 0.251 e. The van der Waals surface area contributed by atoms with Gasteiger partial charge < -0.3 is 19.3 Å². The fourth-order valence-electron chi connectivity index (χ4n) is 2.80. The third-order valence-corrected chi connectivity index (χ3v) is 4.52. The molecule has 0 aliphatic heterocycles. The first-order valence-electron chi connectivity index (χ1n) is 9.25. The van der Waals surface area contributed by atoms with Gasteiger partial charge in [0.05, 0.1) is 20.8 Å². The molecule has 0 radical (unpaired) electrons. The smallest absolute Gasteiger partial charge is 0.251 e. The molecule has 1 N–H and O–H groups in total. The van der Waals surface area contributed by atoms with Gasteiger partial charge in [-0.1, -0.05) is 50.2 Å². The van der Waals surface area contributed by atoms with Gasteiger partial charge in [0.25, 0.3) is 5.91 Å². The first kappa shape index (κ1) is 20.4. The van der Waals surface area contributed by atoms with Gasteiger partial charge in [-0.25, -0.2) is 0 Å². The highest BCUT2D eigenvalue weighted by atomic mass is 16.5. The first-order valence-corrected chi connectivity index (χ1v) is 9.25. The van der Waals surface area contributed by atoms with Crippen LogP contribution in [-0.4, -0.2) is 30.3 Å². The second kappa shape index (κ2) is 8.34. The van der Waals surface area contributed by atoms with Crippen molar-refractivity contribution < 1.29 is 18.8 Å². The number of aromatic nitrogens is 2.